The number of carbonyl (C=O) groups is 1. The molecule has 3 rings (SSSR count). The first-order valence-electron chi connectivity index (χ1n) is 6.91. The Morgan fingerprint density at radius 3 is 2.78 bits per heavy atom. The van der Waals surface area contributed by atoms with Crippen LogP contribution in [0, 0.1) is 6.92 Å². The zero-order valence-electron chi connectivity index (χ0n) is 12.6. The van der Waals surface area contributed by atoms with Gasteiger partial charge in [-0.05, 0) is 25.1 Å². The molecular formula is C16H14N4O2S. The predicted molar refractivity (Wildman–Crippen MR) is 89.7 cm³/mol. The molecule has 1 N–H and O–H groups in total. The summed E-state index contributed by atoms with van der Waals surface area (Å²) in [6, 6.07) is 8.55. The van der Waals surface area contributed by atoms with Crippen LogP contribution < -0.4 is 10.9 Å². The first kappa shape index (κ1) is 15.1. The Kier molecular flexibility index (Phi) is 4.03. The molecule has 0 spiro atoms. The number of aromatic nitrogens is 3. The smallest absolute Gasteiger partial charge is 0.267 e. The highest BCUT2D eigenvalue weighted by atomic mass is 32.1. The van der Waals surface area contributed by atoms with Crippen LogP contribution in [0.3, 0.4) is 0 Å². The van der Waals surface area contributed by atoms with E-state index in [0.29, 0.717) is 21.3 Å². The zero-order valence-corrected chi connectivity index (χ0v) is 13.4. The molecule has 0 aliphatic heterocycles. The highest BCUT2D eigenvalue weighted by Gasteiger charge is 2.17. The fraction of sp³-hybridized carbons (Fsp3) is 0.125. The normalized spacial score (nSPS) is 10.5. The summed E-state index contributed by atoms with van der Waals surface area (Å²) in [5.74, 6) is -0.249. The molecule has 0 atom stereocenters. The Bertz CT molecular complexity index is 915. The van der Waals surface area contributed by atoms with Crippen LogP contribution in [0.25, 0.3) is 10.7 Å². The lowest BCUT2D eigenvalue weighted by Gasteiger charge is -2.05. The van der Waals surface area contributed by atoms with Gasteiger partial charge in [0, 0.05) is 25.5 Å². The van der Waals surface area contributed by atoms with E-state index in [2.05, 4.69) is 15.3 Å². The molecule has 0 aromatic carbocycles. The van der Waals surface area contributed by atoms with Crippen molar-refractivity contribution in [1.82, 2.24) is 14.5 Å². The van der Waals surface area contributed by atoms with Crippen molar-refractivity contribution in [2.45, 2.75) is 6.92 Å². The molecule has 23 heavy (non-hydrogen) atoms. The van der Waals surface area contributed by atoms with Crippen LogP contribution in [0.4, 0.5) is 5.69 Å². The third-order valence-corrected chi connectivity index (χ3v) is 4.41. The van der Waals surface area contributed by atoms with Crippen molar-refractivity contribution in [3.05, 3.63) is 63.7 Å². The fourth-order valence-corrected chi connectivity index (χ4v) is 3.00. The zero-order chi connectivity index (χ0) is 16.4. The number of carbonyl (C=O) groups excluding carboxylic acids is 1. The molecule has 116 valence electrons. The molecule has 0 saturated carbocycles. The molecule has 6 nitrogen and oxygen atoms in total. The Balaban J connectivity index is 1.86. The summed E-state index contributed by atoms with van der Waals surface area (Å²) < 4.78 is 1.41. The van der Waals surface area contributed by atoms with Gasteiger partial charge in [0.25, 0.3) is 5.91 Å². The molecule has 3 heterocycles. The highest BCUT2D eigenvalue weighted by molar-refractivity contribution is 7.17. The molecule has 0 aliphatic rings. The minimum Gasteiger partial charge on any atom is -0.320 e. The summed E-state index contributed by atoms with van der Waals surface area (Å²) in [6.45, 7) is 1.79. The van der Waals surface area contributed by atoms with Gasteiger partial charge >= 0.3 is 0 Å². The van der Waals surface area contributed by atoms with Gasteiger partial charge in [-0.3, -0.25) is 14.6 Å². The summed E-state index contributed by atoms with van der Waals surface area (Å²) in [7, 11) is 1.63. The molecule has 0 fully saturated rings. The molecule has 0 radical (unpaired) electrons. The summed E-state index contributed by atoms with van der Waals surface area (Å²) in [5, 5.41) is 3.49. The number of hydrogen-bond acceptors (Lipinski definition) is 5. The minimum absolute atomic E-state index is 0.130. The second-order valence-corrected chi connectivity index (χ2v) is 5.97. The largest absolute Gasteiger partial charge is 0.320 e. The second kappa shape index (κ2) is 6.13. The summed E-state index contributed by atoms with van der Waals surface area (Å²) in [5.41, 5.74) is 1.82. The van der Waals surface area contributed by atoms with Crippen LogP contribution in [0.5, 0.6) is 0 Å². The van der Waals surface area contributed by atoms with E-state index in [1.165, 1.54) is 22.0 Å². The van der Waals surface area contributed by atoms with E-state index in [0.717, 1.165) is 5.69 Å². The van der Waals surface area contributed by atoms with E-state index in [4.69, 9.17) is 0 Å². The average Bonchev–Trinajstić information content (AvgIpc) is 2.94. The van der Waals surface area contributed by atoms with Crippen LogP contribution in [0.15, 0.2) is 47.5 Å². The van der Waals surface area contributed by atoms with Gasteiger partial charge in [-0.2, -0.15) is 0 Å². The number of rotatable bonds is 3. The molecule has 0 aliphatic carbocycles. The van der Waals surface area contributed by atoms with Gasteiger partial charge in [0.2, 0.25) is 5.56 Å². The van der Waals surface area contributed by atoms with Crippen molar-refractivity contribution in [2.24, 2.45) is 7.05 Å². The van der Waals surface area contributed by atoms with E-state index >= 15 is 0 Å². The van der Waals surface area contributed by atoms with Crippen molar-refractivity contribution >= 4 is 22.9 Å². The van der Waals surface area contributed by atoms with Crippen molar-refractivity contribution in [3.63, 3.8) is 0 Å². The van der Waals surface area contributed by atoms with Gasteiger partial charge in [-0.25, -0.2) is 4.98 Å². The van der Waals surface area contributed by atoms with E-state index in [-0.39, 0.29) is 11.5 Å². The SMILES string of the molecule is Cc1nc(-c2ccccn2)sc1C(=O)Nc1ccc(=O)n(C)c1. The minimum atomic E-state index is -0.249. The van der Waals surface area contributed by atoms with Crippen LogP contribution in [0.1, 0.15) is 15.4 Å². The molecule has 3 aromatic rings. The monoisotopic (exact) mass is 326 g/mol. The lowest BCUT2D eigenvalue weighted by molar-refractivity contribution is 0.102. The van der Waals surface area contributed by atoms with E-state index in [1.54, 1.807) is 32.4 Å². The molecule has 3 aromatic heterocycles. The Labute approximate surface area is 136 Å². The van der Waals surface area contributed by atoms with E-state index in [9.17, 15) is 9.59 Å². The van der Waals surface area contributed by atoms with Gasteiger partial charge in [0.15, 0.2) is 0 Å². The first-order chi connectivity index (χ1) is 11.0. The number of anilines is 1. The Hall–Kier alpha value is -2.80. The molecular weight excluding hydrogens is 312 g/mol. The summed E-state index contributed by atoms with van der Waals surface area (Å²) >= 11 is 1.29. The first-order valence-corrected chi connectivity index (χ1v) is 7.73. The quantitative estimate of drug-likeness (QED) is 0.802. The number of nitrogens with one attached hydrogen (secondary N) is 1. The predicted octanol–water partition coefficient (Wildman–Crippen LogP) is 2.46. The number of pyridine rings is 2. The van der Waals surface area contributed by atoms with Gasteiger partial charge in [0.05, 0.1) is 17.1 Å². The number of aryl methyl sites for hydroxylation is 2. The maximum Gasteiger partial charge on any atom is 0.267 e. The number of hydrogen-bond donors (Lipinski definition) is 1. The average molecular weight is 326 g/mol. The second-order valence-electron chi connectivity index (χ2n) is 4.97. The van der Waals surface area contributed by atoms with Crippen molar-refractivity contribution in [2.75, 3.05) is 5.32 Å². The van der Waals surface area contributed by atoms with Crippen molar-refractivity contribution in [1.29, 1.82) is 0 Å². The summed E-state index contributed by atoms with van der Waals surface area (Å²) in [6.07, 6.45) is 3.27. The Morgan fingerprint density at radius 1 is 1.26 bits per heavy atom. The van der Waals surface area contributed by atoms with Crippen molar-refractivity contribution in [3.8, 4) is 10.7 Å². The van der Waals surface area contributed by atoms with Gasteiger partial charge in [-0.15, -0.1) is 11.3 Å². The van der Waals surface area contributed by atoms with Crippen LogP contribution in [0.2, 0.25) is 0 Å². The number of amides is 1. The lowest BCUT2D eigenvalue weighted by atomic mass is 10.3. The molecule has 0 saturated heterocycles. The lowest BCUT2D eigenvalue weighted by Crippen LogP contribution is -2.17. The third-order valence-electron chi connectivity index (χ3n) is 3.23. The van der Waals surface area contributed by atoms with Gasteiger partial charge in [-0.1, -0.05) is 6.07 Å². The number of nitrogens with zero attached hydrogens (tertiary/aromatic N) is 3. The standard InChI is InChI=1S/C16H14N4O2S/c1-10-14(23-16(18-10)12-5-3-4-8-17-12)15(22)19-11-6-7-13(21)20(2)9-11/h3-9H,1-2H3,(H,19,22). The third kappa shape index (κ3) is 3.19. The fourth-order valence-electron chi connectivity index (χ4n) is 2.06. The topological polar surface area (TPSA) is 76.9 Å². The van der Waals surface area contributed by atoms with Crippen LogP contribution >= 0.6 is 11.3 Å². The Morgan fingerprint density at radius 2 is 2.09 bits per heavy atom. The molecule has 0 bridgehead atoms. The van der Waals surface area contributed by atoms with E-state index in [1.807, 2.05) is 18.2 Å². The molecule has 0 unspecified atom stereocenters. The van der Waals surface area contributed by atoms with Crippen molar-refractivity contribution < 1.29 is 4.79 Å². The summed E-state index contributed by atoms with van der Waals surface area (Å²) in [4.78, 5) is 33.0. The number of thiazole rings is 1. The maximum absolute atomic E-state index is 12.4. The highest BCUT2D eigenvalue weighted by Crippen LogP contribution is 2.26. The van der Waals surface area contributed by atoms with Gasteiger partial charge in [0.1, 0.15) is 9.88 Å². The molecule has 7 heteroatoms. The van der Waals surface area contributed by atoms with Crippen LogP contribution in [-0.2, 0) is 7.05 Å². The molecule has 1 amide bonds. The van der Waals surface area contributed by atoms with Gasteiger partial charge < -0.3 is 9.88 Å². The van der Waals surface area contributed by atoms with E-state index < -0.39 is 0 Å². The maximum atomic E-state index is 12.4. The van der Waals surface area contributed by atoms with Crippen LogP contribution in [-0.4, -0.2) is 20.4 Å².